The molecule has 1 aromatic rings. The van der Waals surface area contributed by atoms with Crippen molar-refractivity contribution in [1.82, 2.24) is 10.2 Å². The van der Waals surface area contributed by atoms with Gasteiger partial charge in [0.05, 0.1) is 0 Å². The minimum Gasteiger partial charge on any atom is -0.365 e. The van der Waals surface area contributed by atoms with E-state index in [4.69, 9.17) is 0 Å². The highest BCUT2D eigenvalue weighted by molar-refractivity contribution is 9.10. The van der Waals surface area contributed by atoms with E-state index in [1.165, 1.54) is 0 Å². The molecule has 1 saturated heterocycles. The summed E-state index contributed by atoms with van der Waals surface area (Å²) in [4.78, 5) is 13.6. The standard InChI is InChI=1S/C14H15BrN2O.C4H8.C3H4.C2H6/c1-10-9-17(7-6-16-14(10)18)11(2)12-4-3-5-13(15)8-12;1-3-4-2;1-3-2;1-2/h3-5,8H,1-2,6-7,9H2,(H,16,18);3H,1,4H2,2H3;1H,2H3;1-2H3. The van der Waals surface area contributed by atoms with Gasteiger partial charge in [0, 0.05) is 35.4 Å². The SMILES string of the molecule is C#CC.C=C1CN(C(=C)c2cccc(Br)c2)CCNC1=O.C=CCC.CC. The van der Waals surface area contributed by atoms with Crippen LogP contribution in [-0.4, -0.2) is 30.4 Å². The first-order valence-electron chi connectivity index (χ1n) is 9.05. The molecule has 0 radical (unpaired) electrons. The van der Waals surface area contributed by atoms with E-state index in [0.717, 1.165) is 28.7 Å². The topological polar surface area (TPSA) is 32.3 Å². The third-order valence-electron chi connectivity index (χ3n) is 3.20. The third kappa shape index (κ3) is 11.9. The highest BCUT2D eigenvalue weighted by Crippen LogP contribution is 2.22. The Balaban J connectivity index is 0. The minimum absolute atomic E-state index is 0.0699. The van der Waals surface area contributed by atoms with Gasteiger partial charge in [0.25, 0.3) is 0 Å². The van der Waals surface area contributed by atoms with E-state index in [0.29, 0.717) is 18.7 Å². The number of nitrogens with one attached hydrogen (secondary N) is 1. The van der Waals surface area contributed by atoms with E-state index in [-0.39, 0.29) is 5.91 Å². The van der Waals surface area contributed by atoms with E-state index in [2.05, 4.69) is 65.2 Å². The van der Waals surface area contributed by atoms with Crippen LogP contribution < -0.4 is 5.32 Å². The van der Waals surface area contributed by atoms with Crippen LogP contribution in [0, 0.1) is 12.3 Å². The van der Waals surface area contributed by atoms with Crippen molar-refractivity contribution in [2.75, 3.05) is 19.6 Å². The van der Waals surface area contributed by atoms with Crippen molar-refractivity contribution in [3.63, 3.8) is 0 Å². The Hall–Kier alpha value is -2.25. The quantitative estimate of drug-likeness (QED) is 0.379. The number of hydrogen-bond donors (Lipinski definition) is 1. The van der Waals surface area contributed by atoms with Crippen molar-refractivity contribution >= 4 is 27.5 Å². The molecule has 0 saturated carbocycles. The summed E-state index contributed by atoms with van der Waals surface area (Å²) in [5, 5.41) is 2.81. The summed E-state index contributed by atoms with van der Waals surface area (Å²) in [6.07, 6.45) is 7.56. The first kappa shape index (κ1) is 27.0. The number of allylic oxidation sites excluding steroid dienone is 1. The van der Waals surface area contributed by atoms with Gasteiger partial charge in [-0.05, 0) is 31.0 Å². The number of hydrogen-bond acceptors (Lipinski definition) is 2. The van der Waals surface area contributed by atoms with Gasteiger partial charge in [-0.3, -0.25) is 4.79 Å². The van der Waals surface area contributed by atoms with E-state index in [1.54, 1.807) is 6.92 Å². The summed E-state index contributed by atoms with van der Waals surface area (Å²) < 4.78 is 1.02. The van der Waals surface area contributed by atoms with Crippen LogP contribution in [0.2, 0.25) is 0 Å². The molecule has 1 heterocycles. The molecule has 1 fully saturated rings. The molecule has 3 nitrogen and oxygen atoms in total. The maximum atomic E-state index is 11.5. The van der Waals surface area contributed by atoms with Gasteiger partial charge in [0.15, 0.2) is 0 Å². The van der Waals surface area contributed by atoms with Crippen LogP contribution >= 0.6 is 15.9 Å². The average molecular weight is 433 g/mol. The normalized spacial score (nSPS) is 12.2. The lowest BCUT2D eigenvalue weighted by Crippen LogP contribution is -2.27. The van der Waals surface area contributed by atoms with Gasteiger partial charge >= 0.3 is 0 Å². The zero-order valence-electron chi connectivity index (χ0n) is 17.1. The molecule has 1 aromatic carbocycles. The van der Waals surface area contributed by atoms with Crippen molar-refractivity contribution in [2.24, 2.45) is 0 Å². The molecule has 0 spiro atoms. The summed E-state index contributed by atoms with van der Waals surface area (Å²) in [5.41, 5.74) is 2.53. The number of rotatable bonds is 3. The Morgan fingerprint density at radius 1 is 1.44 bits per heavy atom. The molecular weight excluding hydrogens is 400 g/mol. The fraction of sp³-hybridized carbons (Fsp3) is 0.348. The van der Waals surface area contributed by atoms with E-state index < -0.39 is 0 Å². The van der Waals surface area contributed by atoms with Crippen LogP contribution in [0.3, 0.4) is 0 Å². The molecule has 1 N–H and O–H groups in total. The van der Waals surface area contributed by atoms with Crippen molar-refractivity contribution in [3.05, 3.63) is 65.7 Å². The molecule has 0 aliphatic carbocycles. The summed E-state index contributed by atoms with van der Waals surface area (Å²) in [7, 11) is 0. The highest BCUT2D eigenvalue weighted by atomic mass is 79.9. The Labute approximate surface area is 174 Å². The summed E-state index contributed by atoms with van der Waals surface area (Å²) >= 11 is 3.45. The number of amides is 1. The number of nitrogens with zero attached hydrogens (tertiary/aromatic N) is 1. The monoisotopic (exact) mass is 432 g/mol. The predicted molar refractivity (Wildman–Crippen MR) is 123 cm³/mol. The maximum Gasteiger partial charge on any atom is 0.248 e. The molecule has 27 heavy (non-hydrogen) atoms. The van der Waals surface area contributed by atoms with Crippen LogP contribution in [0.1, 0.15) is 39.7 Å². The minimum atomic E-state index is -0.0699. The first-order chi connectivity index (χ1) is 12.9. The maximum absolute atomic E-state index is 11.5. The van der Waals surface area contributed by atoms with Gasteiger partial charge in [-0.25, -0.2) is 0 Å². The molecular formula is C23H33BrN2O. The van der Waals surface area contributed by atoms with Crippen LogP contribution in [-0.2, 0) is 4.79 Å². The molecule has 1 aliphatic rings. The lowest BCUT2D eigenvalue weighted by molar-refractivity contribution is -0.117. The first-order valence-corrected chi connectivity index (χ1v) is 9.84. The Morgan fingerprint density at radius 2 is 2.00 bits per heavy atom. The summed E-state index contributed by atoms with van der Waals surface area (Å²) in [5.74, 6) is 2.18. The Bertz CT molecular complexity index is 644. The van der Waals surface area contributed by atoms with Gasteiger partial charge in [0.2, 0.25) is 5.91 Å². The zero-order chi connectivity index (χ0) is 21.2. The van der Waals surface area contributed by atoms with Crippen molar-refractivity contribution in [1.29, 1.82) is 0 Å². The molecule has 2 rings (SSSR count). The third-order valence-corrected chi connectivity index (χ3v) is 3.69. The molecule has 0 bridgehead atoms. The average Bonchev–Trinajstić information content (AvgIpc) is 2.85. The number of carbonyl (C=O) groups excluding carboxylic acids is 1. The van der Waals surface area contributed by atoms with Crippen molar-refractivity contribution < 1.29 is 4.79 Å². The van der Waals surface area contributed by atoms with Crippen LogP contribution in [0.25, 0.3) is 5.70 Å². The molecule has 1 amide bonds. The molecule has 1 aliphatic heterocycles. The van der Waals surface area contributed by atoms with Crippen LogP contribution in [0.15, 0.2) is 60.1 Å². The van der Waals surface area contributed by atoms with Crippen LogP contribution in [0.5, 0.6) is 0 Å². The molecule has 0 aromatic heterocycles. The van der Waals surface area contributed by atoms with Crippen molar-refractivity contribution in [3.8, 4) is 12.3 Å². The second kappa shape index (κ2) is 17.2. The fourth-order valence-electron chi connectivity index (χ4n) is 1.89. The lowest BCUT2D eigenvalue weighted by atomic mass is 10.1. The van der Waals surface area contributed by atoms with E-state index in [1.807, 2.05) is 44.2 Å². The second-order valence-electron chi connectivity index (χ2n) is 5.22. The number of terminal acetylenes is 1. The second-order valence-corrected chi connectivity index (χ2v) is 6.14. The van der Waals surface area contributed by atoms with Crippen molar-refractivity contribution in [2.45, 2.75) is 34.1 Å². The van der Waals surface area contributed by atoms with Crippen LogP contribution in [0.4, 0.5) is 0 Å². The van der Waals surface area contributed by atoms with Gasteiger partial charge in [-0.15, -0.1) is 18.9 Å². The zero-order valence-corrected chi connectivity index (χ0v) is 18.7. The fourth-order valence-corrected chi connectivity index (χ4v) is 2.29. The summed E-state index contributed by atoms with van der Waals surface area (Å²) in [6.45, 7) is 21.0. The Kier molecular flexibility index (Phi) is 17.2. The smallest absolute Gasteiger partial charge is 0.248 e. The molecule has 0 atom stereocenters. The van der Waals surface area contributed by atoms with Gasteiger partial charge < -0.3 is 10.2 Å². The predicted octanol–water partition coefficient (Wildman–Crippen LogP) is 5.66. The molecule has 148 valence electrons. The van der Waals surface area contributed by atoms with E-state index >= 15 is 0 Å². The number of benzene rings is 1. The summed E-state index contributed by atoms with van der Waals surface area (Å²) in [6, 6.07) is 7.98. The van der Waals surface area contributed by atoms with Gasteiger partial charge in [-0.2, -0.15) is 0 Å². The number of halogens is 1. The van der Waals surface area contributed by atoms with Gasteiger partial charge in [-0.1, -0.05) is 68.1 Å². The number of carbonyl (C=O) groups is 1. The largest absolute Gasteiger partial charge is 0.365 e. The Morgan fingerprint density at radius 3 is 2.48 bits per heavy atom. The highest BCUT2D eigenvalue weighted by Gasteiger charge is 2.18. The van der Waals surface area contributed by atoms with E-state index in [9.17, 15) is 4.79 Å². The lowest BCUT2D eigenvalue weighted by Gasteiger charge is -2.24. The molecule has 4 heteroatoms. The van der Waals surface area contributed by atoms with Gasteiger partial charge in [0.1, 0.15) is 0 Å². The molecule has 0 unspecified atom stereocenters.